The minimum Gasteiger partial charge on any atom is -0.419 e. The van der Waals surface area contributed by atoms with E-state index in [1.165, 1.54) is 0 Å². The van der Waals surface area contributed by atoms with Gasteiger partial charge in [0.15, 0.2) is 0 Å². The zero-order valence-corrected chi connectivity index (χ0v) is 12.0. The third-order valence-corrected chi connectivity index (χ3v) is 6.19. The van der Waals surface area contributed by atoms with Gasteiger partial charge in [-0.15, -0.1) is 0 Å². The Morgan fingerprint density at radius 2 is 1.86 bits per heavy atom. The maximum atomic E-state index is 5.62. The highest BCUT2D eigenvalue weighted by Gasteiger charge is 2.11. The molecule has 2 atom stereocenters. The molecule has 0 aromatic rings. The molecule has 0 heterocycles. The standard InChI is InChI=1S/C9H22O3Si2/c1-5-6-7-8-9-11-14(4)12-13(3)10-2/h6-7,13-14H,5,8-9H2,1-4H3/b7-6-. The van der Waals surface area contributed by atoms with Crippen LogP contribution in [0.4, 0.5) is 0 Å². The minimum absolute atomic E-state index is 0.773. The van der Waals surface area contributed by atoms with E-state index < -0.39 is 18.6 Å². The Hall–Kier alpha value is 0.0538. The largest absolute Gasteiger partial charge is 0.419 e. The fourth-order valence-corrected chi connectivity index (χ4v) is 4.34. The molecule has 0 bridgehead atoms. The molecule has 0 aromatic heterocycles. The molecule has 14 heavy (non-hydrogen) atoms. The normalized spacial score (nSPS) is 16.0. The fraction of sp³-hybridized carbons (Fsp3) is 0.778. The third kappa shape index (κ3) is 8.64. The fourth-order valence-electron chi connectivity index (χ4n) is 0.951. The van der Waals surface area contributed by atoms with Gasteiger partial charge < -0.3 is 13.0 Å². The molecule has 0 fully saturated rings. The lowest BCUT2D eigenvalue weighted by atomic mass is 10.3. The van der Waals surface area contributed by atoms with E-state index in [0.29, 0.717) is 0 Å². The van der Waals surface area contributed by atoms with Gasteiger partial charge in [-0.3, -0.25) is 0 Å². The van der Waals surface area contributed by atoms with Gasteiger partial charge in [-0.2, -0.15) is 0 Å². The van der Waals surface area contributed by atoms with E-state index >= 15 is 0 Å². The molecule has 0 saturated carbocycles. The van der Waals surface area contributed by atoms with Crippen molar-refractivity contribution in [2.24, 2.45) is 0 Å². The number of allylic oxidation sites excluding steroid dienone is 1. The van der Waals surface area contributed by atoms with Crippen LogP contribution in [0.1, 0.15) is 19.8 Å². The van der Waals surface area contributed by atoms with Gasteiger partial charge in [0.25, 0.3) is 0 Å². The van der Waals surface area contributed by atoms with Crippen LogP contribution in [0.3, 0.4) is 0 Å². The van der Waals surface area contributed by atoms with Crippen LogP contribution >= 0.6 is 0 Å². The third-order valence-electron chi connectivity index (χ3n) is 1.75. The number of rotatable bonds is 8. The summed E-state index contributed by atoms with van der Waals surface area (Å²) < 4.78 is 16.3. The summed E-state index contributed by atoms with van der Waals surface area (Å²) in [6.45, 7) is 6.97. The van der Waals surface area contributed by atoms with Crippen molar-refractivity contribution >= 4 is 18.6 Å². The van der Waals surface area contributed by atoms with Crippen LogP contribution in [0.25, 0.3) is 0 Å². The topological polar surface area (TPSA) is 27.7 Å². The molecule has 0 saturated heterocycles. The molecule has 84 valence electrons. The van der Waals surface area contributed by atoms with E-state index in [1.54, 1.807) is 7.11 Å². The summed E-state index contributed by atoms with van der Waals surface area (Å²) >= 11 is 0. The van der Waals surface area contributed by atoms with Gasteiger partial charge >= 0.3 is 18.6 Å². The Bertz CT molecular complexity index is 153. The van der Waals surface area contributed by atoms with Crippen LogP contribution in [0.2, 0.25) is 13.1 Å². The first-order valence-corrected chi connectivity index (χ1v) is 9.35. The highest BCUT2D eigenvalue weighted by atomic mass is 28.4. The molecule has 0 rings (SSSR count). The lowest BCUT2D eigenvalue weighted by Gasteiger charge is -2.15. The van der Waals surface area contributed by atoms with Crippen LogP contribution in [0.5, 0.6) is 0 Å². The van der Waals surface area contributed by atoms with E-state index in [9.17, 15) is 0 Å². The quantitative estimate of drug-likeness (QED) is 0.364. The van der Waals surface area contributed by atoms with E-state index in [1.807, 2.05) is 13.1 Å². The average molecular weight is 234 g/mol. The van der Waals surface area contributed by atoms with E-state index in [4.69, 9.17) is 13.0 Å². The van der Waals surface area contributed by atoms with Crippen molar-refractivity contribution in [3.8, 4) is 0 Å². The molecule has 0 spiro atoms. The predicted molar refractivity (Wildman–Crippen MR) is 64.1 cm³/mol. The summed E-state index contributed by atoms with van der Waals surface area (Å²) in [5, 5.41) is 0. The lowest BCUT2D eigenvalue weighted by Crippen LogP contribution is -2.29. The van der Waals surface area contributed by atoms with Gasteiger partial charge in [0, 0.05) is 13.7 Å². The molecular formula is C9H22O3Si2. The van der Waals surface area contributed by atoms with Crippen molar-refractivity contribution in [1.82, 2.24) is 0 Å². The summed E-state index contributed by atoms with van der Waals surface area (Å²) in [7, 11) is -1.12. The second kappa shape index (κ2) is 9.60. The minimum atomic E-state index is -1.43. The number of hydrogen-bond donors (Lipinski definition) is 0. The van der Waals surface area contributed by atoms with E-state index in [0.717, 1.165) is 19.4 Å². The molecule has 0 aromatic carbocycles. The maximum absolute atomic E-state index is 5.62. The van der Waals surface area contributed by atoms with Crippen LogP contribution in [-0.2, 0) is 13.0 Å². The van der Waals surface area contributed by atoms with E-state index in [2.05, 4.69) is 19.1 Å². The first kappa shape index (κ1) is 14.1. The van der Waals surface area contributed by atoms with Gasteiger partial charge in [-0.05, 0) is 25.9 Å². The Morgan fingerprint density at radius 1 is 1.14 bits per heavy atom. The predicted octanol–water partition coefficient (Wildman–Crippen LogP) is 1.72. The van der Waals surface area contributed by atoms with Crippen molar-refractivity contribution in [3.05, 3.63) is 12.2 Å². The Kier molecular flexibility index (Phi) is 9.64. The first-order chi connectivity index (χ1) is 6.70. The van der Waals surface area contributed by atoms with Crippen LogP contribution in [0, 0.1) is 0 Å². The number of hydrogen-bond acceptors (Lipinski definition) is 3. The molecule has 0 aliphatic heterocycles. The monoisotopic (exact) mass is 234 g/mol. The van der Waals surface area contributed by atoms with Crippen LogP contribution in [-0.4, -0.2) is 32.3 Å². The van der Waals surface area contributed by atoms with Crippen molar-refractivity contribution in [1.29, 1.82) is 0 Å². The second-order valence-electron chi connectivity index (χ2n) is 3.05. The summed E-state index contributed by atoms with van der Waals surface area (Å²) in [4.78, 5) is 0. The SMILES string of the molecule is CC/C=C\CCO[SiH](C)O[SiH](C)OC. The molecule has 0 N–H and O–H groups in total. The zero-order chi connectivity index (χ0) is 10.8. The van der Waals surface area contributed by atoms with Gasteiger partial charge in [0.2, 0.25) is 0 Å². The van der Waals surface area contributed by atoms with Crippen molar-refractivity contribution in [2.75, 3.05) is 13.7 Å². The molecule has 3 nitrogen and oxygen atoms in total. The van der Waals surface area contributed by atoms with E-state index in [-0.39, 0.29) is 0 Å². The van der Waals surface area contributed by atoms with Crippen molar-refractivity contribution in [3.63, 3.8) is 0 Å². The molecule has 0 amide bonds. The summed E-state index contributed by atoms with van der Waals surface area (Å²) in [6, 6.07) is 0. The van der Waals surface area contributed by atoms with Crippen LogP contribution < -0.4 is 0 Å². The van der Waals surface area contributed by atoms with Gasteiger partial charge in [-0.25, -0.2) is 0 Å². The highest BCUT2D eigenvalue weighted by Crippen LogP contribution is 1.96. The molecule has 2 unspecified atom stereocenters. The second-order valence-corrected chi connectivity index (χ2v) is 7.21. The van der Waals surface area contributed by atoms with Gasteiger partial charge in [-0.1, -0.05) is 19.1 Å². The summed E-state index contributed by atoms with van der Waals surface area (Å²) in [6.07, 6.45) is 6.38. The first-order valence-electron chi connectivity index (χ1n) is 5.15. The Balaban J connectivity index is 3.35. The van der Waals surface area contributed by atoms with Gasteiger partial charge in [0.05, 0.1) is 0 Å². The molecule has 5 heteroatoms. The van der Waals surface area contributed by atoms with Crippen molar-refractivity contribution < 1.29 is 13.0 Å². The Labute approximate surface area is 90.8 Å². The lowest BCUT2D eigenvalue weighted by molar-refractivity contribution is 0.250. The molecule has 0 aliphatic carbocycles. The zero-order valence-electron chi connectivity index (χ0n) is 9.66. The molecular weight excluding hydrogens is 212 g/mol. The highest BCUT2D eigenvalue weighted by molar-refractivity contribution is 6.57. The van der Waals surface area contributed by atoms with Gasteiger partial charge in [0.1, 0.15) is 0 Å². The summed E-state index contributed by atoms with van der Waals surface area (Å²) in [5.74, 6) is 0. The van der Waals surface area contributed by atoms with Crippen LogP contribution in [0.15, 0.2) is 12.2 Å². The maximum Gasteiger partial charge on any atom is 0.309 e. The smallest absolute Gasteiger partial charge is 0.309 e. The molecule has 0 aliphatic rings. The molecule has 0 radical (unpaired) electrons. The Morgan fingerprint density at radius 3 is 2.43 bits per heavy atom. The van der Waals surface area contributed by atoms with Crippen molar-refractivity contribution in [2.45, 2.75) is 32.9 Å². The summed E-state index contributed by atoms with van der Waals surface area (Å²) in [5.41, 5.74) is 0. The average Bonchev–Trinajstić information content (AvgIpc) is 2.17.